The van der Waals surface area contributed by atoms with Crippen molar-refractivity contribution in [1.29, 1.82) is 0 Å². The minimum absolute atomic E-state index is 0.0109. The summed E-state index contributed by atoms with van der Waals surface area (Å²) < 4.78 is 12.9. The minimum atomic E-state index is -0.667. The van der Waals surface area contributed by atoms with Crippen LogP contribution in [-0.4, -0.2) is 50.7 Å². The fraction of sp³-hybridized carbons (Fsp3) is 0.727. The molecule has 2 heterocycles. The van der Waals surface area contributed by atoms with Crippen LogP contribution in [-0.2, 0) is 25.6 Å². The van der Waals surface area contributed by atoms with Gasteiger partial charge < -0.3 is 25.5 Å². The second-order valence-electron chi connectivity index (χ2n) is 11.9. The predicted octanol–water partition coefficient (Wildman–Crippen LogP) is 6.52. The molecule has 4 N–H and O–H groups in total. The van der Waals surface area contributed by atoms with Crippen molar-refractivity contribution < 1.29 is 19.1 Å². The number of fused-ring (bicyclic) bond motifs is 1. The van der Waals surface area contributed by atoms with Crippen LogP contribution in [0.1, 0.15) is 117 Å². The number of anilines is 1. The molecule has 242 valence electrons. The van der Waals surface area contributed by atoms with Crippen LogP contribution in [0.25, 0.3) is 11.2 Å². The van der Waals surface area contributed by atoms with Gasteiger partial charge in [-0.3, -0.25) is 9.59 Å². The molecule has 0 amide bonds. The summed E-state index contributed by atoms with van der Waals surface area (Å²) in [5.41, 5.74) is 12.9. The Bertz CT molecular complexity index is 1090. The average molecular weight is 601 g/mol. The molecule has 0 saturated heterocycles. The topological polar surface area (TPSA) is 148 Å². The summed E-state index contributed by atoms with van der Waals surface area (Å²) in [5, 5.41) is 0. The van der Waals surface area contributed by atoms with Gasteiger partial charge in [-0.1, -0.05) is 84.3 Å². The summed E-state index contributed by atoms with van der Waals surface area (Å²) in [6.45, 7) is 6.87. The largest absolute Gasteiger partial charge is 0.465 e. The van der Waals surface area contributed by atoms with Crippen molar-refractivity contribution in [3.8, 4) is 0 Å². The van der Waals surface area contributed by atoms with Crippen LogP contribution >= 0.6 is 0 Å². The summed E-state index contributed by atoms with van der Waals surface area (Å²) in [6, 6.07) is -0.667. The first-order valence-electron chi connectivity index (χ1n) is 16.5. The maximum atomic E-state index is 12.5. The van der Waals surface area contributed by atoms with Crippen LogP contribution in [0.5, 0.6) is 0 Å². The summed E-state index contributed by atoms with van der Waals surface area (Å²) in [4.78, 5) is 37.3. The number of carbonyl (C=O) groups is 2. The molecule has 0 fully saturated rings. The van der Waals surface area contributed by atoms with Crippen molar-refractivity contribution in [2.75, 3.05) is 18.9 Å². The molecule has 2 rings (SSSR count). The number of carbonyl (C=O) groups excluding carboxylic acids is 2. The van der Waals surface area contributed by atoms with Crippen molar-refractivity contribution in [2.45, 2.75) is 130 Å². The summed E-state index contributed by atoms with van der Waals surface area (Å²) in [7, 11) is 0. The molecule has 2 aromatic heterocycles. The molecule has 43 heavy (non-hydrogen) atoms. The number of aromatic nitrogens is 4. The van der Waals surface area contributed by atoms with Crippen molar-refractivity contribution in [1.82, 2.24) is 19.5 Å². The van der Waals surface area contributed by atoms with Gasteiger partial charge in [0.1, 0.15) is 11.6 Å². The minimum Gasteiger partial charge on any atom is -0.465 e. The lowest BCUT2D eigenvalue weighted by atomic mass is 10.1. The van der Waals surface area contributed by atoms with E-state index in [1.807, 2.05) is 18.4 Å². The number of ether oxygens (including phenoxy) is 2. The van der Waals surface area contributed by atoms with E-state index in [1.165, 1.54) is 57.8 Å². The zero-order valence-electron chi connectivity index (χ0n) is 26.8. The number of nitrogens with zero attached hydrogens (tertiary/aromatic N) is 4. The van der Waals surface area contributed by atoms with E-state index in [1.54, 1.807) is 12.5 Å². The standard InChI is InChI=1S/C33H56N6O4/c1-4-5-6-7-8-9-10-11-12-13-14-15-16-17-18-19-29(40)43-24-27(20-21-42-32(41)30(34)26(2)3)23-39-25-37-28-22-36-33(35)38-31(28)39/h11-12,22,25-27,30H,4-10,13-21,23-24,34H2,1-3H3,(H2,35,36,38)/t27?,30-/m0/s1. The maximum absolute atomic E-state index is 12.5. The fourth-order valence-corrected chi connectivity index (χ4v) is 4.83. The highest BCUT2D eigenvalue weighted by molar-refractivity contribution is 5.75. The van der Waals surface area contributed by atoms with Crippen molar-refractivity contribution in [3.63, 3.8) is 0 Å². The third-order valence-corrected chi connectivity index (χ3v) is 7.72. The van der Waals surface area contributed by atoms with Crippen LogP contribution in [0.3, 0.4) is 0 Å². The predicted molar refractivity (Wildman–Crippen MR) is 172 cm³/mol. The molecule has 10 heteroatoms. The molecule has 0 bridgehead atoms. The smallest absolute Gasteiger partial charge is 0.323 e. The van der Waals surface area contributed by atoms with Crippen molar-refractivity contribution in [3.05, 3.63) is 24.7 Å². The van der Waals surface area contributed by atoms with Gasteiger partial charge in [0, 0.05) is 18.9 Å². The Morgan fingerprint density at radius 2 is 1.58 bits per heavy atom. The summed E-state index contributed by atoms with van der Waals surface area (Å²) >= 11 is 0. The highest BCUT2D eigenvalue weighted by Gasteiger charge is 2.21. The number of nitrogens with two attached hydrogens (primary N) is 2. The van der Waals surface area contributed by atoms with Gasteiger partial charge in [-0.05, 0) is 44.4 Å². The first-order valence-corrected chi connectivity index (χ1v) is 16.5. The first-order chi connectivity index (χ1) is 20.8. The fourth-order valence-electron chi connectivity index (χ4n) is 4.83. The van der Waals surface area contributed by atoms with Gasteiger partial charge >= 0.3 is 11.9 Å². The highest BCUT2D eigenvalue weighted by atomic mass is 16.5. The van der Waals surface area contributed by atoms with Crippen LogP contribution < -0.4 is 11.5 Å². The molecule has 0 aliphatic heterocycles. The Kier molecular flexibility index (Phi) is 18.2. The third kappa shape index (κ3) is 15.3. The van der Waals surface area contributed by atoms with E-state index >= 15 is 0 Å². The van der Waals surface area contributed by atoms with Crippen molar-refractivity contribution in [2.24, 2.45) is 17.6 Å². The molecule has 0 aliphatic rings. The van der Waals surface area contributed by atoms with Crippen LogP contribution in [0.15, 0.2) is 24.7 Å². The molecule has 2 aromatic rings. The summed E-state index contributed by atoms with van der Waals surface area (Å²) in [6.07, 6.45) is 24.6. The number of esters is 2. The van der Waals surface area contributed by atoms with Gasteiger partial charge in [-0.25, -0.2) is 9.97 Å². The number of unbranched alkanes of at least 4 members (excludes halogenated alkanes) is 11. The third-order valence-electron chi connectivity index (χ3n) is 7.72. The lowest BCUT2D eigenvalue weighted by Crippen LogP contribution is -2.37. The second kappa shape index (κ2) is 21.6. The number of imidazole rings is 1. The van der Waals surface area contributed by atoms with E-state index in [0.29, 0.717) is 30.6 Å². The Balaban J connectivity index is 1.67. The van der Waals surface area contributed by atoms with E-state index < -0.39 is 12.0 Å². The van der Waals surface area contributed by atoms with Gasteiger partial charge in [-0.2, -0.15) is 4.98 Å². The van der Waals surface area contributed by atoms with Gasteiger partial charge in [0.2, 0.25) is 5.95 Å². The first kappa shape index (κ1) is 36.2. The molecule has 0 spiro atoms. The Labute approximate surface area is 258 Å². The van der Waals surface area contributed by atoms with E-state index in [2.05, 4.69) is 34.0 Å². The van der Waals surface area contributed by atoms with Gasteiger partial charge in [-0.15, -0.1) is 0 Å². The van der Waals surface area contributed by atoms with E-state index in [9.17, 15) is 9.59 Å². The zero-order valence-corrected chi connectivity index (χ0v) is 26.8. The number of rotatable bonds is 24. The molecule has 0 radical (unpaired) electrons. The number of hydrogen-bond acceptors (Lipinski definition) is 9. The van der Waals surface area contributed by atoms with Crippen LogP contribution in [0.4, 0.5) is 5.95 Å². The lowest BCUT2D eigenvalue weighted by Gasteiger charge is -2.19. The highest BCUT2D eigenvalue weighted by Crippen LogP contribution is 2.16. The zero-order chi connectivity index (χ0) is 31.3. The van der Waals surface area contributed by atoms with E-state index in [0.717, 1.165) is 25.7 Å². The number of allylic oxidation sites excluding steroid dienone is 2. The summed E-state index contributed by atoms with van der Waals surface area (Å²) in [5.74, 6) is -0.598. The SMILES string of the molecule is CCCCCCCCC=CCCCCCCCC(=O)OCC(CCOC(=O)[C@@H](N)C(C)C)Cn1cnc2cnc(N)nc21. The molecular formula is C33H56N6O4. The van der Waals surface area contributed by atoms with Crippen molar-refractivity contribution >= 4 is 29.1 Å². The average Bonchev–Trinajstić information content (AvgIpc) is 3.38. The van der Waals surface area contributed by atoms with Crippen LogP contribution in [0, 0.1) is 11.8 Å². The molecule has 0 aromatic carbocycles. The monoisotopic (exact) mass is 600 g/mol. The van der Waals surface area contributed by atoms with Crippen LogP contribution in [0.2, 0.25) is 0 Å². The Hall–Kier alpha value is -3.01. The van der Waals surface area contributed by atoms with E-state index in [-0.39, 0.29) is 37.0 Å². The van der Waals surface area contributed by atoms with Gasteiger partial charge in [0.25, 0.3) is 0 Å². The van der Waals surface area contributed by atoms with Gasteiger partial charge in [0.15, 0.2) is 5.65 Å². The maximum Gasteiger partial charge on any atom is 0.323 e. The molecule has 10 nitrogen and oxygen atoms in total. The quantitative estimate of drug-likeness (QED) is 0.0780. The molecular weight excluding hydrogens is 544 g/mol. The molecule has 0 saturated carbocycles. The number of nitrogen functional groups attached to an aromatic ring is 1. The number of hydrogen-bond donors (Lipinski definition) is 2. The molecule has 1 unspecified atom stereocenters. The van der Waals surface area contributed by atoms with Gasteiger partial charge in [0.05, 0.1) is 25.7 Å². The molecule has 2 atom stereocenters. The Morgan fingerprint density at radius 1 is 0.930 bits per heavy atom. The molecule has 0 aliphatic carbocycles. The van der Waals surface area contributed by atoms with E-state index in [4.69, 9.17) is 20.9 Å². The second-order valence-corrected chi connectivity index (χ2v) is 11.9. The normalized spacial score (nSPS) is 13.1. The lowest BCUT2D eigenvalue weighted by molar-refractivity contribution is -0.149. The Morgan fingerprint density at radius 3 is 2.26 bits per heavy atom.